The van der Waals surface area contributed by atoms with Crippen molar-refractivity contribution in [1.29, 1.82) is 0 Å². The van der Waals surface area contributed by atoms with Crippen molar-refractivity contribution in [2.24, 2.45) is 5.41 Å². The van der Waals surface area contributed by atoms with Crippen LogP contribution in [0.3, 0.4) is 0 Å². The van der Waals surface area contributed by atoms with Gasteiger partial charge in [-0.1, -0.05) is 112 Å². The molecule has 1 aliphatic carbocycles. The van der Waals surface area contributed by atoms with E-state index >= 15 is 0 Å². The van der Waals surface area contributed by atoms with Crippen molar-refractivity contribution in [3.63, 3.8) is 0 Å². The minimum atomic E-state index is -2.82. The Labute approximate surface area is 207 Å². The van der Waals surface area contributed by atoms with E-state index in [0.29, 0.717) is 6.42 Å². The monoisotopic (exact) mass is 488 g/mol. The largest absolute Gasteiger partial charge is 0.480 e. The SMILES string of the molecule is CC(C)(C)[Si](OCCC1(c2ccccc2)CC1(C(=O)O)C(=O)O)(c1ccccc1)c1ccccc1. The molecule has 0 spiro atoms. The van der Waals surface area contributed by atoms with Gasteiger partial charge >= 0.3 is 11.9 Å². The number of benzene rings is 3. The summed E-state index contributed by atoms with van der Waals surface area (Å²) in [6.45, 7) is 6.80. The van der Waals surface area contributed by atoms with Crippen molar-refractivity contribution in [3.8, 4) is 0 Å². The number of hydrogen-bond acceptors (Lipinski definition) is 3. The molecule has 182 valence electrons. The molecule has 5 nitrogen and oxygen atoms in total. The Balaban J connectivity index is 1.76. The third kappa shape index (κ3) is 3.91. The van der Waals surface area contributed by atoms with Gasteiger partial charge in [0.05, 0.1) is 0 Å². The molecule has 0 amide bonds. The van der Waals surface area contributed by atoms with Crippen LogP contribution in [0.2, 0.25) is 5.04 Å². The highest BCUT2D eigenvalue weighted by atomic mass is 28.4. The third-order valence-electron chi connectivity index (χ3n) is 7.58. The van der Waals surface area contributed by atoms with Crippen molar-refractivity contribution in [2.75, 3.05) is 6.61 Å². The van der Waals surface area contributed by atoms with Gasteiger partial charge in [-0.05, 0) is 33.8 Å². The molecule has 3 aromatic rings. The number of carbonyl (C=O) groups is 2. The first kappa shape index (κ1) is 24.9. The number of rotatable bonds is 9. The summed E-state index contributed by atoms with van der Waals surface area (Å²) in [4.78, 5) is 24.5. The van der Waals surface area contributed by atoms with Gasteiger partial charge in [-0.25, -0.2) is 0 Å². The molecule has 1 aliphatic rings. The maximum atomic E-state index is 12.3. The molecule has 0 saturated heterocycles. The fraction of sp³-hybridized carbons (Fsp3) is 0.310. The molecule has 0 bridgehead atoms. The average molecular weight is 489 g/mol. The average Bonchev–Trinajstić information content (AvgIpc) is 3.55. The van der Waals surface area contributed by atoms with E-state index in [-0.39, 0.29) is 18.1 Å². The predicted molar refractivity (Wildman–Crippen MR) is 139 cm³/mol. The lowest BCUT2D eigenvalue weighted by atomic mass is 9.83. The molecule has 0 radical (unpaired) electrons. The van der Waals surface area contributed by atoms with Crippen LogP contribution in [0.15, 0.2) is 91.0 Å². The van der Waals surface area contributed by atoms with E-state index in [2.05, 4.69) is 45.0 Å². The molecule has 6 heteroatoms. The van der Waals surface area contributed by atoms with Gasteiger partial charge < -0.3 is 14.6 Å². The van der Waals surface area contributed by atoms with E-state index in [1.165, 1.54) is 0 Å². The Morgan fingerprint density at radius 3 is 1.60 bits per heavy atom. The highest BCUT2D eigenvalue weighted by molar-refractivity contribution is 6.99. The summed E-state index contributed by atoms with van der Waals surface area (Å²) in [6.07, 6.45) is 0.360. The number of aliphatic carboxylic acids is 2. The van der Waals surface area contributed by atoms with Gasteiger partial charge in [0.15, 0.2) is 5.41 Å². The number of carboxylic acid groups (broad SMARTS) is 2. The molecular formula is C29H32O5Si. The Bertz CT molecular complexity index is 1130. The van der Waals surface area contributed by atoms with Crippen LogP contribution in [0, 0.1) is 5.41 Å². The summed E-state index contributed by atoms with van der Waals surface area (Å²) in [5.41, 5.74) is -2.13. The standard InChI is InChI=1S/C29H32O5Si/c1-27(2,3)35(23-15-9-5-10-16-23,24-17-11-6-12-18-24)34-20-19-28(22-13-7-4-8-14-22)21-29(28,25(30)31)26(32)33/h4-18H,19-21H2,1-3H3,(H,30,31)(H,32,33). The predicted octanol–water partition coefficient (Wildman–Crippen LogP) is 4.45. The summed E-state index contributed by atoms with van der Waals surface area (Å²) in [5.74, 6) is -2.58. The minimum Gasteiger partial charge on any atom is -0.480 e. The summed E-state index contributed by atoms with van der Waals surface area (Å²) in [5, 5.41) is 22.0. The van der Waals surface area contributed by atoms with Gasteiger partial charge in [-0.3, -0.25) is 9.59 Å². The fourth-order valence-corrected chi connectivity index (χ4v) is 10.3. The second-order valence-corrected chi connectivity index (χ2v) is 14.7. The molecule has 0 aliphatic heterocycles. The second-order valence-electron chi connectivity index (χ2n) is 10.4. The van der Waals surface area contributed by atoms with Gasteiger partial charge in [-0.15, -0.1) is 0 Å². The first-order valence-corrected chi connectivity index (χ1v) is 13.8. The van der Waals surface area contributed by atoms with E-state index in [0.717, 1.165) is 15.9 Å². The lowest BCUT2D eigenvalue weighted by molar-refractivity contribution is -0.158. The molecule has 35 heavy (non-hydrogen) atoms. The molecule has 0 aromatic heterocycles. The molecule has 1 saturated carbocycles. The van der Waals surface area contributed by atoms with Crippen molar-refractivity contribution >= 4 is 30.6 Å². The third-order valence-corrected chi connectivity index (χ3v) is 12.6. The topological polar surface area (TPSA) is 83.8 Å². The maximum Gasteiger partial charge on any atom is 0.322 e. The Morgan fingerprint density at radius 2 is 1.23 bits per heavy atom. The zero-order chi connectivity index (χ0) is 25.3. The highest BCUT2D eigenvalue weighted by Gasteiger charge is 2.77. The number of hydrogen-bond donors (Lipinski definition) is 2. The quantitative estimate of drug-likeness (QED) is 0.343. The Hall–Kier alpha value is -3.22. The molecule has 2 N–H and O–H groups in total. The lowest BCUT2D eigenvalue weighted by Gasteiger charge is -2.43. The first-order chi connectivity index (χ1) is 16.6. The Kier molecular flexibility index (Phi) is 6.47. The zero-order valence-electron chi connectivity index (χ0n) is 20.4. The maximum absolute atomic E-state index is 12.3. The van der Waals surface area contributed by atoms with Crippen molar-refractivity contribution in [1.82, 2.24) is 0 Å². The van der Waals surface area contributed by atoms with Gasteiger partial charge in [0.25, 0.3) is 8.32 Å². The van der Waals surface area contributed by atoms with E-state index in [1.807, 2.05) is 66.7 Å². The molecular weight excluding hydrogens is 456 g/mol. The van der Waals surface area contributed by atoms with Crippen LogP contribution in [0.1, 0.15) is 39.2 Å². The van der Waals surface area contributed by atoms with Crippen LogP contribution < -0.4 is 10.4 Å². The summed E-state index contributed by atoms with van der Waals surface area (Å²) in [6, 6.07) is 29.6. The molecule has 3 aromatic carbocycles. The molecule has 1 unspecified atom stereocenters. The summed E-state index contributed by atoms with van der Waals surface area (Å²) in [7, 11) is -2.82. The lowest BCUT2D eigenvalue weighted by Crippen LogP contribution is -2.66. The van der Waals surface area contributed by atoms with Gasteiger partial charge in [0, 0.05) is 12.0 Å². The molecule has 1 fully saturated rings. The smallest absolute Gasteiger partial charge is 0.322 e. The van der Waals surface area contributed by atoms with E-state index < -0.39 is 31.1 Å². The van der Waals surface area contributed by atoms with Crippen LogP contribution in [0.4, 0.5) is 0 Å². The van der Waals surface area contributed by atoms with Gasteiger partial charge in [-0.2, -0.15) is 0 Å². The summed E-state index contributed by atoms with van der Waals surface area (Å²) >= 11 is 0. The van der Waals surface area contributed by atoms with Crippen molar-refractivity contribution in [3.05, 3.63) is 96.6 Å². The second kappa shape index (κ2) is 9.09. The van der Waals surface area contributed by atoms with Crippen LogP contribution >= 0.6 is 0 Å². The van der Waals surface area contributed by atoms with Gasteiger partial charge in [0.1, 0.15) is 0 Å². The van der Waals surface area contributed by atoms with Crippen molar-refractivity contribution in [2.45, 2.75) is 44.1 Å². The van der Waals surface area contributed by atoms with E-state index in [1.54, 1.807) is 0 Å². The van der Waals surface area contributed by atoms with Crippen LogP contribution in [-0.2, 0) is 19.4 Å². The molecule has 0 heterocycles. The zero-order valence-corrected chi connectivity index (χ0v) is 21.4. The van der Waals surface area contributed by atoms with Crippen molar-refractivity contribution < 1.29 is 24.2 Å². The normalized spacial score (nSPS) is 19.2. The molecule has 4 rings (SSSR count). The first-order valence-electron chi connectivity index (χ1n) is 11.9. The Morgan fingerprint density at radius 1 is 0.800 bits per heavy atom. The number of carboxylic acids is 2. The van der Waals surface area contributed by atoms with E-state index in [9.17, 15) is 19.8 Å². The molecule has 1 atom stereocenters. The summed E-state index contributed by atoms with van der Waals surface area (Å²) < 4.78 is 6.97. The fourth-order valence-electron chi connectivity index (χ4n) is 5.75. The van der Waals surface area contributed by atoms with Crippen LogP contribution in [0.5, 0.6) is 0 Å². The van der Waals surface area contributed by atoms with E-state index in [4.69, 9.17) is 4.43 Å². The van der Waals surface area contributed by atoms with Crippen LogP contribution in [0.25, 0.3) is 0 Å². The van der Waals surface area contributed by atoms with Crippen LogP contribution in [-0.4, -0.2) is 37.1 Å². The van der Waals surface area contributed by atoms with Gasteiger partial charge in [0.2, 0.25) is 0 Å². The highest BCUT2D eigenvalue weighted by Crippen LogP contribution is 2.67. The minimum absolute atomic E-state index is 0.0544.